The van der Waals surface area contributed by atoms with Crippen molar-refractivity contribution in [1.82, 2.24) is 26.2 Å². The van der Waals surface area contributed by atoms with Crippen LogP contribution in [0.2, 0.25) is 0 Å². The minimum absolute atomic E-state index is 0.337. The molecule has 0 aromatic heterocycles. The third-order valence-corrected chi connectivity index (χ3v) is 4.36. The number of likely N-dealkylation sites (N-methyl/N-ethyl adjacent to an activating group) is 1. The first-order valence-electron chi connectivity index (χ1n) is 10.0. The number of hydrogen-bond acceptors (Lipinski definition) is 6. The second kappa shape index (κ2) is 13.1. The predicted octanol–water partition coefficient (Wildman–Crippen LogP) is -1.02. The molecular weight excluding hydrogens is 402 g/mol. The molecule has 0 fully saturated rings. The van der Waals surface area contributed by atoms with Crippen LogP contribution in [0.4, 0.5) is 0 Å². The van der Waals surface area contributed by atoms with Crippen LogP contribution >= 0.6 is 0 Å². The Morgan fingerprint density at radius 1 is 0.968 bits per heavy atom. The van der Waals surface area contributed by atoms with Gasteiger partial charge in [-0.1, -0.05) is 44.2 Å². The average Bonchev–Trinajstić information content (AvgIpc) is 2.77. The van der Waals surface area contributed by atoms with E-state index in [0.29, 0.717) is 18.7 Å². The zero-order valence-corrected chi connectivity index (χ0v) is 18.4. The maximum atomic E-state index is 12.4. The molecule has 1 aromatic rings. The lowest BCUT2D eigenvalue weighted by molar-refractivity contribution is -0.139. The van der Waals surface area contributed by atoms with E-state index >= 15 is 0 Å². The van der Waals surface area contributed by atoms with Crippen molar-refractivity contribution in [2.45, 2.75) is 19.9 Å². The zero-order valence-electron chi connectivity index (χ0n) is 18.4. The second-order valence-corrected chi connectivity index (χ2v) is 7.18. The molecule has 0 aliphatic carbocycles. The summed E-state index contributed by atoms with van der Waals surface area (Å²) in [7, 11) is 3.14. The molecule has 0 saturated heterocycles. The number of rotatable bonds is 12. The fourth-order valence-electron chi connectivity index (χ4n) is 2.54. The van der Waals surface area contributed by atoms with Crippen molar-refractivity contribution in [1.29, 1.82) is 0 Å². The Hall–Kier alpha value is -3.27. The van der Waals surface area contributed by atoms with Crippen molar-refractivity contribution >= 4 is 29.4 Å². The molecule has 4 amide bonds. The standard InChI is InChI=1S/C21H31N5O5/c1-5-22-11-14(2)19(29)23-12-16(27)20(30)24-13-17(28)25-18(21(31)26(3)4)15-9-7-6-8-10-15/h6-10,14,18,22H,5,11-13H2,1-4H3,(H,23,29)(H,24,30)(H,25,28)/t14-,18-/m0/s1. The van der Waals surface area contributed by atoms with E-state index in [1.165, 1.54) is 4.90 Å². The summed E-state index contributed by atoms with van der Waals surface area (Å²) in [4.78, 5) is 61.7. The van der Waals surface area contributed by atoms with E-state index in [9.17, 15) is 24.0 Å². The fourth-order valence-corrected chi connectivity index (χ4v) is 2.54. The van der Waals surface area contributed by atoms with E-state index in [1.54, 1.807) is 51.4 Å². The third-order valence-electron chi connectivity index (χ3n) is 4.36. The van der Waals surface area contributed by atoms with Crippen LogP contribution in [0.3, 0.4) is 0 Å². The molecule has 170 valence electrons. The van der Waals surface area contributed by atoms with Crippen LogP contribution in [0.1, 0.15) is 25.5 Å². The minimum atomic E-state index is -0.995. The van der Waals surface area contributed by atoms with E-state index in [-0.39, 0.29) is 17.7 Å². The van der Waals surface area contributed by atoms with Crippen LogP contribution in [-0.4, -0.2) is 74.6 Å². The van der Waals surface area contributed by atoms with Crippen molar-refractivity contribution in [2.75, 3.05) is 40.3 Å². The number of carbonyl (C=O) groups is 5. The molecule has 1 aromatic carbocycles. The number of amides is 4. The van der Waals surface area contributed by atoms with Gasteiger partial charge in [-0.25, -0.2) is 0 Å². The van der Waals surface area contributed by atoms with Gasteiger partial charge in [0, 0.05) is 26.6 Å². The summed E-state index contributed by atoms with van der Waals surface area (Å²) in [5.74, 6) is -3.55. The van der Waals surface area contributed by atoms with E-state index < -0.39 is 36.7 Å². The topological polar surface area (TPSA) is 137 Å². The van der Waals surface area contributed by atoms with Crippen LogP contribution in [0.15, 0.2) is 30.3 Å². The number of nitrogens with one attached hydrogen (secondary N) is 4. The molecule has 10 nitrogen and oxygen atoms in total. The molecule has 0 aliphatic heterocycles. The maximum Gasteiger partial charge on any atom is 0.289 e. The highest BCUT2D eigenvalue weighted by molar-refractivity contribution is 6.37. The van der Waals surface area contributed by atoms with Gasteiger partial charge in [-0.05, 0) is 12.1 Å². The summed E-state index contributed by atoms with van der Waals surface area (Å²) in [6, 6.07) is 7.75. The normalized spacial score (nSPS) is 12.3. The first-order chi connectivity index (χ1) is 14.7. The Morgan fingerprint density at radius 3 is 2.19 bits per heavy atom. The molecule has 0 saturated carbocycles. The molecule has 0 aliphatic rings. The van der Waals surface area contributed by atoms with Crippen LogP contribution in [-0.2, 0) is 24.0 Å². The Bertz CT molecular complexity index is 782. The monoisotopic (exact) mass is 433 g/mol. The van der Waals surface area contributed by atoms with E-state index in [1.807, 2.05) is 6.92 Å². The number of hydrogen-bond donors (Lipinski definition) is 4. The third kappa shape index (κ3) is 8.95. The number of ketones is 1. The highest BCUT2D eigenvalue weighted by Crippen LogP contribution is 2.14. The fraction of sp³-hybridized carbons (Fsp3) is 0.476. The van der Waals surface area contributed by atoms with Crippen molar-refractivity contribution < 1.29 is 24.0 Å². The highest BCUT2D eigenvalue weighted by atomic mass is 16.2. The Balaban J connectivity index is 2.54. The zero-order chi connectivity index (χ0) is 23.4. The smallest absolute Gasteiger partial charge is 0.289 e. The Morgan fingerprint density at radius 2 is 1.61 bits per heavy atom. The average molecular weight is 434 g/mol. The molecule has 0 radical (unpaired) electrons. The Labute approximate surface area is 182 Å². The van der Waals surface area contributed by atoms with Crippen molar-refractivity contribution in [3.63, 3.8) is 0 Å². The summed E-state index contributed by atoms with van der Waals surface area (Å²) in [5, 5.41) is 10.2. The second-order valence-electron chi connectivity index (χ2n) is 7.18. The SMILES string of the molecule is CCNC[C@H](C)C(=O)NCC(=O)C(=O)NCC(=O)N[C@H](C(=O)N(C)C)c1ccccc1. The van der Waals surface area contributed by atoms with Gasteiger partial charge in [-0.3, -0.25) is 24.0 Å². The van der Waals surface area contributed by atoms with Crippen molar-refractivity contribution in [3.8, 4) is 0 Å². The molecule has 10 heteroatoms. The molecular formula is C21H31N5O5. The summed E-state index contributed by atoms with van der Waals surface area (Å²) in [6.45, 7) is 3.83. The summed E-state index contributed by atoms with van der Waals surface area (Å²) in [6.07, 6.45) is 0. The largest absolute Gasteiger partial charge is 0.348 e. The summed E-state index contributed by atoms with van der Waals surface area (Å²) in [5.41, 5.74) is 0.589. The van der Waals surface area contributed by atoms with Gasteiger partial charge in [-0.15, -0.1) is 0 Å². The quantitative estimate of drug-likeness (QED) is 0.312. The van der Waals surface area contributed by atoms with Gasteiger partial charge in [0.15, 0.2) is 0 Å². The summed E-state index contributed by atoms with van der Waals surface area (Å²) < 4.78 is 0. The van der Waals surface area contributed by atoms with Gasteiger partial charge in [0.2, 0.25) is 23.5 Å². The molecule has 4 N–H and O–H groups in total. The molecule has 31 heavy (non-hydrogen) atoms. The first kappa shape index (κ1) is 25.8. The van der Waals surface area contributed by atoms with Gasteiger partial charge in [0.05, 0.1) is 13.1 Å². The number of benzene rings is 1. The Kier molecular flexibility index (Phi) is 10.9. The predicted molar refractivity (Wildman–Crippen MR) is 115 cm³/mol. The minimum Gasteiger partial charge on any atom is -0.348 e. The number of Topliss-reactive ketones (excluding diaryl/α,β-unsaturated/α-hetero) is 1. The highest BCUT2D eigenvalue weighted by Gasteiger charge is 2.25. The number of nitrogens with zero attached hydrogens (tertiary/aromatic N) is 1. The van der Waals surface area contributed by atoms with E-state index in [2.05, 4.69) is 21.3 Å². The van der Waals surface area contributed by atoms with Gasteiger partial charge >= 0.3 is 0 Å². The van der Waals surface area contributed by atoms with E-state index in [4.69, 9.17) is 0 Å². The first-order valence-corrected chi connectivity index (χ1v) is 10.0. The van der Waals surface area contributed by atoms with E-state index in [0.717, 1.165) is 0 Å². The van der Waals surface area contributed by atoms with Gasteiger partial charge in [-0.2, -0.15) is 0 Å². The molecule has 0 heterocycles. The van der Waals surface area contributed by atoms with Crippen molar-refractivity contribution in [2.24, 2.45) is 5.92 Å². The molecule has 0 unspecified atom stereocenters. The van der Waals surface area contributed by atoms with Crippen LogP contribution < -0.4 is 21.3 Å². The lowest BCUT2D eigenvalue weighted by Crippen LogP contribution is -2.46. The lowest BCUT2D eigenvalue weighted by Gasteiger charge is -2.22. The van der Waals surface area contributed by atoms with Gasteiger partial charge in [0.1, 0.15) is 6.04 Å². The molecule has 1 rings (SSSR count). The molecule has 0 spiro atoms. The van der Waals surface area contributed by atoms with Gasteiger partial charge in [0.25, 0.3) is 5.91 Å². The molecule has 0 bridgehead atoms. The summed E-state index contributed by atoms with van der Waals surface area (Å²) >= 11 is 0. The maximum absolute atomic E-state index is 12.4. The van der Waals surface area contributed by atoms with Crippen LogP contribution in [0.25, 0.3) is 0 Å². The van der Waals surface area contributed by atoms with Crippen molar-refractivity contribution in [3.05, 3.63) is 35.9 Å². The number of carbonyl (C=O) groups excluding carboxylic acids is 5. The van der Waals surface area contributed by atoms with Crippen LogP contribution in [0.5, 0.6) is 0 Å². The lowest BCUT2D eigenvalue weighted by atomic mass is 10.1. The molecule has 2 atom stereocenters. The van der Waals surface area contributed by atoms with Gasteiger partial charge < -0.3 is 26.2 Å². The van der Waals surface area contributed by atoms with Crippen LogP contribution in [0, 0.1) is 5.92 Å².